The Bertz CT molecular complexity index is 266. The molecule has 0 saturated carbocycles. The Morgan fingerprint density at radius 3 is 2.25 bits per heavy atom. The van der Waals surface area contributed by atoms with E-state index in [0.717, 1.165) is 24.8 Å². The predicted molar refractivity (Wildman–Crippen MR) is 93.7 cm³/mol. The third-order valence-electron chi connectivity index (χ3n) is 2.32. The van der Waals surface area contributed by atoms with Crippen molar-refractivity contribution in [3.05, 3.63) is 37.5 Å². The third-order valence-corrected chi connectivity index (χ3v) is 2.32. The van der Waals surface area contributed by atoms with E-state index < -0.39 is 0 Å². The number of nitrogens with one attached hydrogen (secondary N) is 1. The summed E-state index contributed by atoms with van der Waals surface area (Å²) in [6.45, 7) is 19.7. The fourth-order valence-corrected chi connectivity index (χ4v) is 1.17. The summed E-state index contributed by atoms with van der Waals surface area (Å²) in [6, 6.07) is 0. The molecule has 0 aromatic heterocycles. The van der Waals surface area contributed by atoms with Crippen LogP contribution >= 0.6 is 0 Å². The molecule has 0 aromatic rings. The zero-order valence-corrected chi connectivity index (χ0v) is 13.9. The minimum Gasteiger partial charge on any atom is -0.352 e. The van der Waals surface area contributed by atoms with Gasteiger partial charge in [-0.15, -0.1) is 6.58 Å². The number of allylic oxidation sites excluding steroid dienone is 1. The first-order chi connectivity index (χ1) is 9.53. The molecule has 0 unspecified atom stereocenters. The fourth-order valence-electron chi connectivity index (χ4n) is 1.17. The molecule has 0 aliphatic rings. The number of rotatable bonds is 8. The molecule has 0 bridgehead atoms. The number of amides is 1. The number of carbonyl (C=O) groups is 1. The van der Waals surface area contributed by atoms with Crippen molar-refractivity contribution in [2.45, 2.75) is 47.0 Å². The molecule has 3 nitrogen and oxygen atoms in total. The number of hydrogen-bond acceptors (Lipinski definition) is 2. The van der Waals surface area contributed by atoms with Crippen LogP contribution in [0.2, 0.25) is 0 Å². The summed E-state index contributed by atoms with van der Waals surface area (Å²) >= 11 is 0. The topological polar surface area (TPSA) is 55.1 Å². The lowest BCUT2D eigenvalue weighted by Crippen LogP contribution is -2.30. The normalized spacial score (nSPS) is 9.85. The highest BCUT2D eigenvalue weighted by molar-refractivity contribution is 5.78. The molecule has 3 heteroatoms. The summed E-state index contributed by atoms with van der Waals surface area (Å²) in [5.41, 5.74) is 6.22. The van der Waals surface area contributed by atoms with Gasteiger partial charge in [0.1, 0.15) is 0 Å². The van der Waals surface area contributed by atoms with Crippen LogP contribution in [0.3, 0.4) is 0 Å². The highest BCUT2D eigenvalue weighted by Gasteiger charge is 2.11. The van der Waals surface area contributed by atoms with Gasteiger partial charge in [0.25, 0.3) is 0 Å². The highest BCUT2D eigenvalue weighted by Crippen LogP contribution is 2.07. The van der Waals surface area contributed by atoms with Gasteiger partial charge in [0.15, 0.2) is 0 Å². The highest BCUT2D eigenvalue weighted by atomic mass is 16.1. The first-order valence-corrected chi connectivity index (χ1v) is 7.38. The minimum atomic E-state index is 0. The second-order valence-corrected chi connectivity index (χ2v) is 4.17. The second-order valence-electron chi connectivity index (χ2n) is 4.17. The molecular weight excluding hydrogens is 248 g/mol. The van der Waals surface area contributed by atoms with E-state index in [1.807, 2.05) is 27.7 Å². The van der Waals surface area contributed by atoms with Gasteiger partial charge in [0.05, 0.1) is 0 Å². The Kier molecular flexibility index (Phi) is 23.7. The lowest BCUT2D eigenvalue weighted by atomic mass is 10.0. The Labute approximate surface area is 127 Å². The van der Waals surface area contributed by atoms with Crippen LogP contribution in [0.4, 0.5) is 0 Å². The van der Waals surface area contributed by atoms with Crippen LogP contribution in [-0.4, -0.2) is 19.0 Å². The molecule has 120 valence electrons. The van der Waals surface area contributed by atoms with Crippen molar-refractivity contribution in [2.75, 3.05) is 13.1 Å². The molecule has 3 N–H and O–H groups in total. The molecule has 0 spiro atoms. The van der Waals surface area contributed by atoms with E-state index in [2.05, 4.69) is 25.1 Å². The van der Waals surface area contributed by atoms with Crippen LogP contribution in [0.25, 0.3) is 0 Å². The molecule has 1 amide bonds. The van der Waals surface area contributed by atoms with E-state index in [0.29, 0.717) is 13.1 Å². The van der Waals surface area contributed by atoms with Gasteiger partial charge in [-0.2, -0.15) is 0 Å². The van der Waals surface area contributed by atoms with Crippen LogP contribution in [0.1, 0.15) is 48.4 Å². The predicted octanol–water partition coefficient (Wildman–Crippen LogP) is 4.07. The molecule has 0 radical (unpaired) electrons. The Balaban J connectivity index is -0.000000212. The van der Waals surface area contributed by atoms with Gasteiger partial charge < -0.3 is 11.1 Å². The largest absolute Gasteiger partial charge is 0.352 e. The minimum absolute atomic E-state index is 0. The average molecular weight is 284 g/mol. The van der Waals surface area contributed by atoms with Crippen molar-refractivity contribution >= 4 is 5.91 Å². The summed E-state index contributed by atoms with van der Waals surface area (Å²) < 4.78 is 0. The Morgan fingerprint density at radius 1 is 1.35 bits per heavy atom. The monoisotopic (exact) mass is 284 g/mol. The standard InChI is InChI=1S/C12H22N2O.C3H6.C2H6.H2/c1-4-10(2)9-14-12(15)11(3)7-5-6-8-13;1-3-2;1-2;/h4,11H,1-2,5-9,13H2,3H3,(H,14,15);3H,1H2,2H3;1-2H3;1H/t11-;;;/m0.../s1. The lowest BCUT2D eigenvalue weighted by Gasteiger charge is -2.11. The first kappa shape index (κ1) is 23.7. The van der Waals surface area contributed by atoms with Crippen LogP contribution in [0.5, 0.6) is 0 Å². The summed E-state index contributed by atoms with van der Waals surface area (Å²) in [4.78, 5) is 11.5. The zero-order chi connectivity index (χ0) is 16.4. The van der Waals surface area contributed by atoms with Gasteiger partial charge in [-0.25, -0.2) is 0 Å². The van der Waals surface area contributed by atoms with E-state index >= 15 is 0 Å². The maximum absolute atomic E-state index is 11.5. The second kappa shape index (κ2) is 20.0. The molecule has 0 aliphatic heterocycles. The molecule has 0 heterocycles. The molecule has 1 atom stereocenters. The number of hydrogen-bond donors (Lipinski definition) is 2. The average Bonchev–Trinajstić information content (AvgIpc) is 2.47. The maximum atomic E-state index is 11.5. The quantitative estimate of drug-likeness (QED) is 0.401. The summed E-state index contributed by atoms with van der Waals surface area (Å²) in [7, 11) is 0. The Morgan fingerprint density at radius 2 is 1.85 bits per heavy atom. The van der Waals surface area contributed by atoms with Crippen molar-refractivity contribution in [2.24, 2.45) is 11.7 Å². The van der Waals surface area contributed by atoms with Crippen molar-refractivity contribution in [1.29, 1.82) is 0 Å². The lowest BCUT2D eigenvalue weighted by molar-refractivity contribution is -0.124. The van der Waals surface area contributed by atoms with E-state index in [-0.39, 0.29) is 13.3 Å². The molecule has 0 rings (SSSR count). The summed E-state index contributed by atoms with van der Waals surface area (Å²) in [6.07, 6.45) is 6.29. The summed E-state index contributed by atoms with van der Waals surface area (Å²) in [5, 5.41) is 2.82. The van der Waals surface area contributed by atoms with Crippen molar-refractivity contribution in [3.63, 3.8) is 0 Å². The van der Waals surface area contributed by atoms with Gasteiger partial charge in [0.2, 0.25) is 5.91 Å². The number of unbranched alkanes of at least 4 members (excludes halogenated alkanes) is 1. The smallest absolute Gasteiger partial charge is 0.223 e. The molecule has 0 saturated heterocycles. The number of carbonyl (C=O) groups excluding carboxylic acids is 1. The van der Waals surface area contributed by atoms with Crippen LogP contribution in [0, 0.1) is 5.92 Å². The third kappa shape index (κ3) is 19.0. The van der Waals surface area contributed by atoms with Gasteiger partial charge in [-0.1, -0.05) is 52.5 Å². The van der Waals surface area contributed by atoms with Crippen LogP contribution in [-0.2, 0) is 4.79 Å². The van der Waals surface area contributed by atoms with E-state index in [4.69, 9.17) is 5.73 Å². The van der Waals surface area contributed by atoms with Crippen molar-refractivity contribution in [1.82, 2.24) is 5.32 Å². The van der Waals surface area contributed by atoms with Crippen molar-refractivity contribution in [3.8, 4) is 0 Å². The Hall–Kier alpha value is -1.35. The van der Waals surface area contributed by atoms with Gasteiger partial charge in [-0.05, 0) is 31.9 Å². The van der Waals surface area contributed by atoms with Gasteiger partial charge in [-0.3, -0.25) is 4.79 Å². The number of nitrogens with two attached hydrogens (primary N) is 1. The van der Waals surface area contributed by atoms with E-state index in [1.165, 1.54) is 0 Å². The molecule has 0 aliphatic carbocycles. The molecular formula is C17H36N2O. The van der Waals surface area contributed by atoms with Gasteiger partial charge in [0, 0.05) is 13.9 Å². The van der Waals surface area contributed by atoms with Crippen LogP contribution in [0.15, 0.2) is 37.5 Å². The zero-order valence-electron chi connectivity index (χ0n) is 13.9. The summed E-state index contributed by atoms with van der Waals surface area (Å²) in [5.74, 6) is 0.129. The maximum Gasteiger partial charge on any atom is 0.223 e. The van der Waals surface area contributed by atoms with Crippen molar-refractivity contribution < 1.29 is 6.22 Å². The molecule has 0 aromatic carbocycles. The van der Waals surface area contributed by atoms with E-state index in [1.54, 1.807) is 12.2 Å². The molecule has 20 heavy (non-hydrogen) atoms. The van der Waals surface area contributed by atoms with E-state index in [9.17, 15) is 4.79 Å². The molecule has 0 fully saturated rings. The van der Waals surface area contributed by atoms with Gasteiger partial charge >= 0.3 is 0 Å². The fraction of sp³-hybridized carbons (Fsp3) is 0.588. The SMILES string of the molecule is C=CC.C=CC(=C)CNC(=O)[C@@H](C)CCCCN.CC.[HH]. The first-order valence-electron chi connectivity index (χ1n) is 7.38. The van der Waals surface area contributed by atoms with Crippen LogP contribution < -0.4 is 11.1 Å².